The Morgan fingerprint density at radius 2 is 1.77 bits per heavy atom. The SMILES string of the molecule is COCOC/C=C(\C[C@H](NC(=O)OC(C)(C)C)C(=O)OC)[Si](C)(C)c1ccccc1. The monoisotopic (exact) mass is 437 g/mol. The van der Waals surface area contributed by atoms with E-state index in [1.54, 1.807) is 27.9 Å². The van der Waals surface area contributed by atoms with Crippen molar-refractivity contribution in [1.82, 2.24) is 5.32 Å². The molecule has 1 aromatic rings. The smallest absolute Gasteiger partial charge is 0.408 e. The van der Waals surface area contributed by atoms with Gasteiger partial charge in [-0.05, 0) is 27.2 Å². The third kappa shape index (κ3) is 8.69. The highest BCUT2D eigenvalue weighted by atomic mass is 28.3. The summed E-state index contributed by atoms with van der Waals surface area (Å²) in [7, 11) is 0.715. The fourth-order valence-corrected chi connectivity index (χ4v) is 5.63. The van der Waals surface area contributed by atoms with Gasteiger partial charge in [-0.1, -0.05) is 59.9 Å². The highest BCUT2D eigenvalue weighted by Crippen LogP contribution is 2.21. The third-order valence-corrected chi connectivity index (χ3v) is 8.34. The summed E-state index contributed by atoms with van der Waals surface area (Å²) in [6, 6.07) is 9.28. The third-order valence-electron chi connectivity index (χ3n) is 4.55. The molecule has 1 amide bonds. The van der Waals surface area contributed by atoms with Crippen LogP contribution in [0.1, 0.15) is 27.2 Å². The summed E-state index contributed by atoms with van der Waals surface area (Å²) >= 11 is 0. The molecular formula is C22H35NO6Si. The first-order valence-corrected chi connectivity index (χ1v) is 12.9. The quantitative estimate of drug-likeness (QED) is 0.262. The average molecular weight is 438 g/mol. The summed E-state index contributed by atoms with van der Waals surface area (Å²) in [4.78, 5) is 24.7. The summed E-state index contributed by atoms with van der Waals surface area (Å²) < 4.78 is 20.7. The van der Waals surface area contributed by atoms with Crippen LogP contribution in [0.2, 0.25) is 13.1 Å². The van der Waals surface area contributed by atoms with E-state index < -0.39 is 31.8 Å². The Kier molecular flexibility index (Phi) is 10.2. The Hall–Kier alpha value is -2.16. The standard InChI is InChI=1S/C22H35NO6Si/c1-22(2,3)29-21(25)23-19(20(24)27-5)15-18(13-14-28-16-26-4)30(6,7)17-11-9-8-10-12-17/h8-13,19H,14-16H2,1-7H3,(H,23,25)/b18-13+/t19-/m0/s1. The lowest BCUT2D eigenvalue weighted by molar-refractivity contribution is -0.143. The van der Waals surface area contributed by atoms with Crippen molar-refractivity contribution in [3.8, 4) is 0 Å². The van der Waals surface area contributed by atoms with Crippen molar-refractivity contribution in [2.75, 3.05) is 27.6 Å². The molecule has 0 aliphatic heterocycles. The molecule has 7 nitrogen and oxygen atoms in total. The van der Waals surface area contributed by atoms with Crippen LogP contribution in [-0.2, 0) is 23.7 Å². The summed E-state index contributed by atoms with van der Waals surface area (Å²) in [5, 5.41) is 4.92. The van der Waals surface area contributed by atoms with Crippen LogP contribution in [0, 0.1) is 0 Å². The fourth-order valence-electron chi connectivity index (χ4n) is 2.93. The number of ether oxygens (including phenoxy) is 4. The Bertz CT molecular complexity index is 712. The van der Waals surface area contributed by atoms with Crippen LogP contribution in [0.5, 0.6) is 0 Å². The molecule has 1 aromatic carbocycles. The molecule has 0 aliphatic carbocycles. The Labute approximate surface area is 180 Å². The number of hydrogen-bond acceptors (Lipinski definition) is 6. The number of rotatable bonds is 10. The van der Waals surface area contributed by atoms with E-state index in [1.807, 2.05) is 24.3 Å². The summed E-state index contributed by atoms with van der Waals surface area (Å²) in [5.41, 5.74) is -0.671. The molecule has 0 fully saturated rings. The molecule has 0 unspecified atom stereocenters. The maximum atomic E-state index is 12.4. The molecule has 0 radical (unpaired) electrons. The predicted octanol–water partition coefficient (Wildman–Crippen LogP) is 3.14. The van der Waals surface area contributed by atoms with Crippen LogP contribution in [0.3, 0.4) is 0 Å². The van der Waals surface area contributed by atoms with Gasteiger partial charge in [0.2, 0.25) is 0 Å². The second-order valence-electron chi connectivity index (χ2n) is 8.42. The first-order valence-electron chi connectivity index (χ1n) is 9.90. The molecule has 0 bridgehead atoms. The molecule has 1 atom stereocenters. The highest BCUT2D eigenvalue weighted by molar-refractivity contribution is 6.95. The van der Waals surface area contributed by atoms with Crippen LogP contribution < -0.4 is 10.5 Å². The van der Waals surface area contributed by atoms with Crippen molar-refractivity contribution in [2.24, 2.45) is 0 Å². The molecule has 8 heteroatoms. The minimum absolute atomic E-state index is 0.174. The summed E-state index contributed by atoms with van der Waals surface area (Å²) in [5.74, 6) is -0.526. The van der Waals surface area contributed by atoms with E-state index in [0.717, 1.165) is 5.20 Å². The molecule has 0 aromatic heterocycles. The zero-order valence-corrected chi connectivity index (χ0v) is 20.1. The van der Waals surface area contributed by atoms with Crippen molar-refractivity contribution in [1.29, 1.82) is 0 Å². The Morgan fingerprint density at radius 1 is 1.13 bits per heavy atom. The van der Waals surface area contributed by atoms with Crippen LogP contribution >= 0.6 is 0 Å². The van der Waals surface area contributed by atoms with Gasteiger partial charge in [0.25, 0.3) is 0 Å². The summed E-state index contributed by atoms with van der Waals surface area (Å²) in [6.45, 7) is 10.2. The zero-order valence-electron chi connectivity index (χ0n) is 19.1. The molecule has 30 heavy (non-hydrogen) atoms. The van der Waals surface area contributed by atoms with Crippen molar-refractivity contribution in [3.63, 3.8) is 0 Å². The Morgan fingerprint density at radius 3 is 2.30 bits per heavy atom. The zero-order chi connectivity index (χ0) is 22.8. The van der Waals surface area contributed by atoms with E-state index in [-0.39, 0.29) is 6.79 Å². The molecule has 0 heterocycles. The van der Waals surface area contributed by atoms with Gasteiger partial charge in [0.05, 0.1) is 13.7 Å². The van der Waals surface area contributed by atoms with Gasteiger partial charge < -0.3 is 24.3 Å². The van der Waals surface area contributed by atoms with Gasteiger partial charge in [-0.25, -0.2) is 9.59 Å². The van der Waals surface area contributed by atoms with Crippen molar-refractivity contribution in [3.05, 3.63) is 41.6 Å². The van der Waals surface area contributed by atoms with E-state index in [9.17, 15) is 9.59 Å². The van der Waals surface area contributed by atoms with Crippen LogP contribution in [0.4, 0.5) is 4.79 Å². The van der Waals surface area contributed by atoms with Crippen molar-refractivity contribution in [2.45, 2.75) is 51.9 Å². The molecule has 0 saturated carbocycles. The number of methoxy groups -OCH3 is 2. The van der Waals surface area contributed by atoms with Crippen molar-refractivity contribution < 1.29 is 28.5 Å². The molecule has 168 valence electrons. The number of benzene rings is 1. The first kappa shape index (κ1) is 25.9. The maximum absolute atomic E-state index is 12.4. The van der Waals surface area contributed by atoms with E-state index in [2.05, 4.69) is 30.5 Å². The van der Waals surface area contributed by atoms with Crippen LogP contribution in [-0.4, -0.2) is 59.4 Å². The van der Waals surface area contributed by atoms with E-state index in [1.165, 1.54) is 12.3 Å². The lowest BCUT2D eigenvalue weighted by Crippen LogP contribution is -2.49. The number of hydrogen-bond donors (Lipinski definition) is 1. The maximum Gasteiger partial charge on any atom is 0.408 e. The number of amides is 1. The average Bonchev–Trinajstić information content (AvgIpc) is 2.68. The van der Waals surface area contributed by atoms with Gasteiger partial charge >= 0.3 is 12.1 Å². The Balaban J connectivity index is 3.16. The minimum Gasteiger partial charge on any atom is -0.467 e. The van der Waals surface area contributed by atoms with Crippen LogP contribution in [0.15, 0.2) is 41.6 Å². The molecular weight excluding hydrogens is 402 g/mol. The number of carbonyl (C=O) groups excluding carboxylic acids is 2. The number of alkyl carbamates (subject to hydrolysis) is 1. The van der Waals surface area contributed by atoms with Crippen molar-refractivity contribution >= 4 is 25.3 Å². The lowest BCUT2D eigenvalue weighted by atomic mass is 10.2. The molecule has 1 rings (SSSR count). The van der Waals surface area contributed by atoms with Gasteiger partial charge in [0, 0.05) is 7.11 Å². The first-order chi connectivity index (χ1) is 14.0. The number of nitrogens with one attached hydrogen (secondary N) is 1. The predicted molar refractivity (Wildman–Crippen MR) is 119 cm³/mol. The molecule has 0 saturated heterocycles. The van der Waals surface area contributed by atoms with Gasteiger partial charge in [0.15, 0.2) is 0 Å². The van der Waals surface area contributed by atoms with Gasteiger partial charge in [0.1, 0.15) is 26.5 Å². The largest absolute Gasteiger partial charge is 0.467 e. The normalized spacial score (nSPS) is 13.5. The van der Waals surface area contributed by atoms with Gasteiger partial charge in [-0.3, -0.25) is 0 Å². The molecule has 0 aliphatic rings. The van der Waals surface area contributed by atoms with Gasteiger partial charge in [-0.2, -0.15) is 0 Å². The van der Waals surface area contributed by atoms with E-state index >= 15 is 0 Å². The topological polar surface area (TPSA) is 83.1 Å². The van der Waals surface area contributed by atoms with Gasteiger partial charge in [-0.15, -0.1) is 0 Å². The van der Waals surface area contributed by atoms with E-state index in [4.69, 9.17) is 18.9 Å². The minimum atomic E-state index is -2.15. The summed E-state index contributed by atoms with van der Waals surface area (Å²) in [6.07, 6.45) is 1.62. The second-order valence-corrected chi connectivity index (χ2v) is 12.9. The lowest BCUT2D eigenvalue weighted by Gasteiger charge is -2.30. The number of esters is 1. The molecule has 0 spiro atoms. The highest BCUT2D eigenvalue weighted by Gasteiger charge is 2.33. The molecule has 1 N–H and O–H groups in total. The number of carbonyl (C=O) groups is 2. The van der Waals surface area contributed by atoms with Crippen LogP contribution in [0.25, 0.3) is 0 Å². The second kappa shape index (κ2) is 11.9. The fraction of sp³-hybridized carbons (Fsp3) is 0.545. The van der Waals surface area contributed by atoms with E-state index in [0.29, 0.717) is 13.0 Å².